The molecule has 3 aromatic rings. The molecule has 1 aromatic carbocycles. The third-order valence-electron chi connectivity index (χ3n) is 3.25. The van der Waals surface area contributed by atoms with Crippen LogP contribution in [0.3, 0.4) is 0 Å². The summed E-state index contributed by atoms with van der Waals surface area (Å²) in [5, 5.41) is 3.62. The van der Waals surface area contributed by atoms with Crippen molar-refractivity contribution in [1.82, 2.24) is 14.7 Å². The Morgan fingerprint density at radius 2 is 2.00 bits per heavy atom. The Morgan fingerprint density at radius 1 is 1.24 bits per heavy atom. The van der Waals surface area contributed by atoms with Gasteiger partial charge in [-0.1, -0.05) is 5.16 Å². The molecule has 0 atom stereocenters. The largest absolute Gasteiger partial charge is 0.360 e. The van der Waals surface area contributed by atoms with E-state index in [2.05, 4.69) is 14.9 Å². The smallest absolute Gasteiger partial charge is 0.263 e. The monoisotopic (exact) mass is 306 g/mol. The first kappa shape index (κ1) is 13.6. The van der Waals surface area contributed by atoms with Crippen LogP contribution in [0.5, 0.6) is 0 Å². The van der Waals surface area contributed by atoms with Crippen LogP contribution < -0.4 is 4.72 Å². The number of nitrogens with one attached hydrogen (secondary N) is 1. The SMILES string of the molecule is Cc1cc(NS(=O)(=O)c2ccc3c(c2)nc(C)n3C)no1. The van der Waals surface area contributed by atoms with Gasteiger partial charge in [0.15, 0.2) is 5.82 Å². The number of hydrogen-bond donors (Lipinski definition) is 1. The number of benzene rings is 1. The average Bonchev–Trinajstić information content (AvgIpc) is 2.93. The van der Waals surface area contributed by atoms with Crippen molar-refractivity contribution in [3.8, 4) is 0 Å². The molecular formula is C13H14N4O3S. The molecule has 1 N–H and O–H groups in total. The lowest BCUT2D eigenvalue weighted by Gasteiger charge is -2.05. The van der Waals surface area contributed by atoms with E-state index in [-0.39, 0.29) is 10.7 Å². The second-order valence-corrected chi connectivity index (χ2v) is 6.48. The summed E-state index contributed by atoms with van der Waals surface area (Å²) in [7, 11) is -1.83. The number of anilines is 1. The van der Waals surface area contributed by atoms with Crippen molar-refractivity contribution in [3.63, 3.8) is 0 Å². The van der Waals surface area contributed by atoms with Crippen LogP contribution in [-0.4, -0.2) is 23.1 Å². The Bertz CT molecular complexity index is 924. The molecule has 0 fully saturated rings. The molecule has 0 spiro atoms. The first-order valence-electron chi connectivity index (χ1n) is 6.26. The van der Waals surface area contributed by atoms with Gasteiger partial charge in [-0.2, -0.15) is 0 Å². The summed E-state index contributed by atoms with van der Waals surface area (Å²) in [4.78, 5) is 4.47. The van der Waals surface area contributed by atoms with Gasteiger partial charge in [-0.3, -0.25) is 4.72 Å². The second-order valence-electron chi connectivity index (χ2n) is 4.80. The van der Waals surface area contributed by atoms with Crippen molar-refractivity contribution in [2.24, 2.45) is 7.05 Å². The summed E-state index contributed by atoms with van der Waals surface area (Å²) < 4.78 is 33.8. The summed E-state index contributed by atoms with van der Waals surface area (Å²) in [5.41, 5.74) is 1.51. The summed E-state index contributed by atoms with van der Waals surface area (Å²) in [6.45, 7) is 3.55. The molecule has 0 amide bonds. The maximum Gasteiger partial charge on any atom is 0.263 e. The lowest BCUT2D eigenvalue weighted by atomic mass is 10.3. The normalized spacial score (nSPS) is 12.0. The minimum atomic E-state index is -3.72. The molecule has 7 nitrogen and oxygen atoms in total. The molecule has 0 aliphatic rings. The van der Waals surface area contributed by atoms with Crippen LogP contribution in [0.4, 0.5) is 5.82 Å². The van der Waals surface area contributed by atoms with Gasteiger partial charge in [0.1, 0.15) is 11.6 Å². The average molecular weight is 306 g/mol. The van der Waals surface area contributed by atoms with E-state index in [0.29, 0.717) is 11.3 Å². The van der Waals surface area contributed by atoms with Crippen molar-refractivity contribution in [1.29, 1.82) is 0 Å². The van der Waals surface area contributed by atoms with Crippen LogP contribution in [0.15, 0.2) is 33.7 Å². The van der Waals surface area contributed by atoms with E-state index >= 15 is 0 Å². The van der Waals surface area contributed by atoms with Gasteiger partial charge in [-0.15, -0.1) is 0 Å². The summed E-state index contributed by atoms with van der Waals surface area (Å²) >= 11 is 0. The van der Waals surface area contributed by atoms with Crippen molar-refractivity contribution in [3.05, 3.63) is 35.9 Å². The van der Waals surface area contributed by atoms with Gasteiger partial charge in [0.2, 0.25) is 0 Å². The Labute approximate surface area is 121 Å². The van der Waals surface area contributed by atoms with Gasteiger partial charge >= 0.3 is 0 Å². The van der Waals surface area contributed by atoms with Gasteiger partial charge in [0.25, 0.3) is 10.0 Å². The Hall–Kier alpha value is -2.35. The minimum absolute atomic E-state index is 0.133. The topological polar surface area (TPSA) is 90.0 Å². The van der Waals surface area contributed by atoms with Crippen molar-refractivity contribution in [2.75, 3.05) is 4.72 Å². The highest BCUT2D eigenvalue weighted by Crippen LogP contribution is 2.21. The van der Waals surface area contributed by atoms with Gasteiger partial charge in [0.05, 0.1) is 15.9 Å². The molecule has 8 heteroatoms. The molecule has 3 rings (SSSR count). The maximum absolute atomic E-state index is 12.3. The number of aromatic nitrogens is 3. The molecule has 0 saturated carbocycles. The maximum atomic E-state index is 12.3. The zero-order valence-corrected chi connectivity index (χ0v) is 12.6. The van der Waals surface area contributed by atoms with Crippen LogP contribution in [0.25, 0.3) is 11.0 Å². The van der Waals surface area contributed by atoms with Crippen LogP contribution in [0.1, 0.15) is 11.6 Å². The van der Waals surface area contributed by atoms with Gasteiger partial charge in [-0.25, -0.2) is 13.4 Å². The number of sulfonamides is 1. The van der Waals surface area contributed by atoms with E-state index in [1.807, 2.05) is 18.5 Å². The number of nitrogens with zero attached hydrogens (tertiary/aromatic N) is 3. The summed E-state index contributed by atoms with van der Waals surface area (Å²) in [6.07, 6.45) is 0. The van der Waals surface area contributed by atoms with Crippen LogP contribution >= 0.6 is 0 Å². The van der Waals surface area contributed by atoms with Gasteiger partial charge < -0.3 is 9.09 Å². The molecule has 2 aromatic heterocycles. The van der Waals surface area contributed by atoms with E-state index in [9.17, 15) is 8.42 Å². The van der Waals surface area contributed by atoms with Crippen LogP contribution in [-0.2, 0) is 17.1 Å². The minimum Gasteiger partial charge on any atom is -0.360 e. The number of fused-ring (bicyclic) bond motifs is 1. The van der Waals surface area contributed by atoms with E-state index in [0.717, 1.165) is 11.3 Å². The molecule has 21 heavy (non-hydrogen) atoms. The number of hydrogen-bond acceptors (Lipinski definition) is 5. The molecule has 0 aliphatic carbocycles. The Kier molecular flexibility index (Phi) is 2.98. The van der Waals surface area contributed by atoms with E-state index in [1.54, 1.807) is 19.1 Å². The molecule has 2 heterocycles. The van der Waals surface area contributed by atoms with Crippen molar-refractivity contribution >= 4 is 26.9 Å². The fourth-order valence-electron chi connectivity index (χ4n) is 2.08. The third kappa shape index (κ3) is 2.38. The van der Waals surface area contributed by atoms with Crippen LogP contribution in [0.2, 0.25) is 0 Å². The number of aryl methyl sites for hydroxylation is 3. The van der Waals surface area contributed by atoms with Gasteiger partial charge in [0, 0.05) is 13.1 Å². The predicted octanol–water partition coefficient (Wildman–Crippen LogP) is 1.98. The highest BCUT2D eigenvalue weighted by Gasteiger charge is 2.18. The summed E-state index contributed by atoms with van der Waals surface area (Å²) in [6, 6.07) is 6.33. The van der Waals surface area contributed by atoms with Crippen LogP contribution in [0, 0.1) is 13.8 Å². The fourth-order valence-corrected chi connectivity index (χ4v) is 3.08. The first-order chi connectivity index (χ1) is 9.87. The van der Waals surface area contributed by atoms with Crippen molar-refractivity contribution < 1.29 is 12.9 Å². The molecule has 0 radical (unpaired) electrons. The highest BCUT2D eigenvalue weighted by molar-refractivity contribution is 7.92. The molecule has 0 aliphatic heterocycles. The van der Waals surface area contributed by atoms with E-state index < -0.39 is 10.0 Å². The number of rotatable bonds is 3. The zero-order chi connectivity index (χ0) is 15.2. The highest BCUT2D eigenvalue weighted by atomic mass is 32.2. The van der Waals surface area contributed by atoms with Gasteiger partial charge in [-0.05, 0) is 32.0 Å². The molecule has 0 unspecified atom stereocenters. The third-order valence-corrected chi connectivity index (χ3v) is 4.61. The number of imidazole rings is 1. The molecular weight excluding hydrogens is 292 g/mol. The molecule has 0 saturated heterocycles. The zero-order valence-electron chi connectivity index (χ0n) is 11.8. The Morgan fingerprint density at radius 3 is 2.67 bits per heavy atom. The first-order valence-corrected chi connectivity index (χ1v) is 7.74. The fraction of sp³-hybridized carbons (Fsp3) is 0.231. The quantitative estimate of drug-likeness (QED) is 0.799. The van der Waals surface area contributed by atoms with E-state index in [4.69, 9.17) is 4.52 Å². The van der Waals surface area contributed by atoms with E-state index in [1.165, 1.54) is 12.1 Å². The molecule has 0 bridgehead atoms. The standard InChI is InChI=1S/C13H14N4O3S/c1-8-6-13(15-20-8)16-21(18,19)10-4-5-12-11(7-10)14-9(2)17(12)3/h4-7H,1-3H3,(H,15,16). The lowest BCUT2D eigenvalue weighted by Crippen LogP contribution is -2.13. The van der Waals surface area contributed by atoms with Crippen molar-refractivity contribution in [2.45, 2.75) is 18.7 Å². The predicted molar refractivity (Wildman–Crippen MR) is 77.5 cm³/mol. The molecule has 110 valence electrons. The second kappa shape index (κ2) is 4.59. The lowest BCUT2D eigenvalue weighted by molar-refractivity contribution is 0.400. The summed E-state index contributed by atoms with van der Waals surface area (Å²) in [5.74, 6) is 1.51. The Balaban J connectivity index is 2.02.